The Morgan fingerprint density at radius 2 is 0.803 bits per heavy atom. The van der Waals surface area contributed by atoms with E-state index >= 15 is 0 Å². The molecular weight excluding hydrogens is 1830 g/mol. The first-order chi connectivity index (χ1) is 65.7. The Morgan fingerprint density at radius 3 is 1.16 bits per heavy atom. The summed E-state index contributed by atoms with van der Waals surface area (Å²) in [7, 11) is 0. The Hall–Kier alpha value is -16.2. The third-order valence-electron chi connectivity index (χ3n) is 22.5. The molecular formula is C94H71F14N17O12. The fourth-order valence-electron chi connectivity index (χ4n) is 15.9. The monoisotopic (exact) mass is 1900 g/mol. The lowest BCUT2D eigenvalue weighted by Gasteiger charge is -2.22. The number of halogens is 14. The standard InChI is InChI=1S/C25H20F4N4O2.C24H18F4N4O3.C23H17F3N4O4.C22H16F3N5O3/c1-14-11-18(17(27)12-30-14)32-24(34)20-9-8-19(35-20)23-22(15-4-6-16(26)7-5-15)31-13-33(23)21-3-2-10-25(21,28)29;25-14-5-3-13(4-6-14)20-22(32(12-30-20)19-2-1-9-24(19,27)28)17-7-8-18(35-17)23(34)31-21-15(26)10-29-11-16(21)33;24-14-3-1-13(2-4-14)20-21(30(12-28-20)18-10-33-11-23(18,25)26)16-5-6-17(34-16)22(32)29-15-7-8-27-19(31)9-15;23-14-3-1-13(2-4-14)19-20(30(12-28-19)17-9-32-10-22(17,24)25)15-5-6-16(33-15)21(31)29-18-7-8-26-11-27-18/h4-9,11-13,21H,2-3,10H2,1H3,(H,30,32,34);3-8,10-12,19,33H,1-2,9H2,(H,29,31,34);1-9,12,18H,10-11H2,(H2,27,29,31,32);1-8,11-12,17H,9-10H2,(H,26,27,29,31). The molecule has 29 nitrogen and oxygen atoms in total. The van der Waals surface area contributed by atoms with Crippen molar-refractivity contribution in [1.29, 1.82) is 0 Å². The maximum atomic E-state index is 14.7. The molecule has 0 radical (unpaired) electrons. The number of H-pyrrole nitrogens is 1. The van der Waals surface area contributed by atoms with Gasteiger partial charge < -0.3 is 76.8 Å². The average Bonchev–Trinajstić information content (AvgIpc) is 1.62. The number of amides is 4. The van der Waals surface area contributed by atoms with E-state index in [2.05, 4.69) is 66.1 Å². The smallest absolute Gasteiger partial charge is 0.293 e. The molecule has 4 fully saturated rings. The van der Waals surface area contributed by atoms with Gasteiger partial charge >= 0.3 is 0 Å². The van der Waals surface area contributed by atoms with E-state index < -0.39 is 137 Å². The predicted octanol–water partition coefficient (Wildman–Crippen LogP) is 20.5. The van der Waals surface area contributed by atoms with Gasteiger partial charge in [0.25, 0.3) is 47.3 Å². The van der Waals surface area contributed by atoms with Crippen molar-refractivity contribution >= 4 is 46.5 Å². The first-order valence-corrected chi connectivity index (χ1v) is 41.7. The molecule has 2 saturated carbocycles. The van der Waals surface area contributed by atoms with E-state index in [1.807, 2.05) is 0 Å². The summed E-state index contributed by atoms with van der Waals surface area (Å²) in [6.45, 7) is -0.261. The summed E-state index contributed by atoms with van der Waals surface area (Å²) in [5.41, 5.74) is 3.76. The lowest BCUT2D eigenvalue weighted by Crippen LogP contribution is -2.29. The number of aromatic nitrogens is 13. The molecule has 2 saturated heterocycles. The van der Waals surface area contributed by atoms with Gasteiger partial charge in [-0.1, -0.05) is 0 Å². The number of aromatic amines is 1. The van der Waals surface area contributed by atoms with Crippen molar-refractivity contribution in [2.45, 2.75) is 93.3 Å². The number of anilines is 4. The molecule has 137 heavy (non-hydrogen) atoms. The molecule has 12 aromatic heterocycles. The van der Waals surface area contributed by atoms with Crippen molar-refractivity contribution in [2.75, 3.05) is 47.7 Å². The summed E-state index contributed by atoms with van der Waals surface area (Å²) in [4.78, 5) is 96.6. The fraction of sp³-hybridized carbons (Fsp3) is 0.202. The van der Waals surface area contributed by atoms with E-state index in [0.29, 0.717) is 52.2 Å². The van der Waals surface area contributed by atoms with Crippen LogP contribution in [-0.4, -0.2) is 142 Å². The zero-order valence-corrected chi connectivity index (χ0v) is 70.9. The first-order valence-electron chi connectivity index (χ1n) is 41.7. The third-order valence-corrected chi connectivity index (χ3v) is 22.5. The Labute approximate surface area is 763 Å². The van der Waals surface area contributed by atoms with Crippen LogP contribution in [0.3, 0.4) is 0 Å². The molecule has 4 unspecified atom stereocenters. The highest BCUT2D eigenvalue weighted by atomic mass is 19.3. The second-order valence-corrected chi connectivity index (χ2v) is 31.7. The van der Waals surface area contributed by atoms with E-state index in [0.717, 1.165) is 18.6 Å². The minimum absolute atomic E-state index is 0.0594. The first kappa shape index (κ1) is 92.6. The normalized spacial score (nSPS) is 17.1. The number of carbonyl (C=O) groups excluding carboxylic acids is 4. The molecule has 702 valence electrons. The lowest BCUT2D eigenvalue weighted by atomic mass is 10.1. The number of imidazole rings is 4. The van der Waals surface area contributed by atoms with Crippen LogP contribution in [0.15, 0.2) is 255 Å². The molecule has 2 aliphatic carbocycles. The second-order valence-electron chi connectivity index (χ2n) is 31.7. The Kier molecular flexibility index (Phi) is 26.0. The summed E-state index contributed by atoms with van der Waals surface area (Å²) in [5, 5.41) is 19.5. The number of carbonyl (C=O) groups is 4. The van der Waals surface area contributed by atoms with Gasteiger partial charge in [0.1, 0.15) is 89.2 Å². The van der Waals surface area contributed by atoms with Gasteiger partial charge in [0.15, 0.2) is 63.5 Å². The Balaban J connectivity index is 0.000000127. The zero-order chi connectivity index (χ0) is 96.4. The molecule has 16 aromatic rings. The number of benzene rings is 4. The number of ether oxygens (including phenoxy) is 2. The number of hydrogen-bond donors (Lipinski definition) is 6. The van der Waals surface area contributed by atoms with Gasteiger partial charge in [0.05, 0.1) is 97.7 Å². The number of rotatable bonds is 20. The van der Waals surface area contributed by atoms with E-state index in [-0.39, 0.29) is 136 Å². The number of alkyl halides is 8. The third kappa shape index (κ3) is 19.9. The van der Waals surface area contributed by atoms with Crippen LogP contribution in [0.5, 0.6) is 5.75 Å². The zero-order valence-electron chi connectivity index (χ0n) is 70.9. The van der Waals surface area contributed by atoms with Gasteiger partial charge in [-0.15, -0.1) is 0 Å². The van der Waals surface area contributed by atoms with E-state index in [9.17, 15) is 90.5 Å². The fourth-order valence-corrected chi connectivity index (χ4v) is 15.9. The molecule has 4 aromatic carbocycles. The lowest BCUT2D eigenvalue weighted by molar-refractivity contribution is -0.0324. The number of nitrogens with zero attached hydrogens (tertiary/aromatic N) is 12. The topological polar surface area (TPSA) is 363 Å². The molecule has 0 bridgehead atoms. The predicted molar refractivity (Wildman–Crippen MR) is 462 cm³/mol. The van der Waals surface area contributed by atoms with Gasteiger partial charge in [-0.05, 0) is 196 Å². The van der Waals surface area contributed by atoms with Crippen molar-refractivity contribution in [2.24, 2.45) is 0 Å². The number of aryl methyl sites for hydroxylation is 1. The van der Waals surface area contributed by atoms with Crippen LogP contribution in [-0.2, 0) is 9.47 Å². The SMILES string of the molecule is Cc1cc(NC(=O)c2ccc(-c3c(-c4ccc(F)cc4)ncn3C3CCCC3(F)F)o2)c(F)cn1.O=C(Nc1c(O)cncc1F)c1ccc(-c2c(-c3ccc(F)cc3)ncn2C2CCCC2(F)F)o1.O=C(Nc1cc[nH]c(=O)c1)c1ccc(-c2c(-c3ccc(F)cc3)ncn2C2COCC2(F)F)o1.O=C(Nc1ccncn1)c1ccc(-c2c(-c3ccc(F)cc3)ncn2C2COCC2(F)F)o1. The summed E-state index contributed by atoms with van der Waals surface area (Å²) in [6, 6.07) is 33.6. The van der Waals surface area contributed by atoms with Crippen LogP contribution >= 0.6 is 0 Å². The van der Waals surface area contributed by atoms with E-state index in [1.54, 1.807) is 6.92 Å². The molecule has 4 amide bonds. The minimum Gasteiger partial charge on any atom is -0.504 e. The number of furan rings is 4. The Morgan fingerprint density at radius 1 is 0.416 bits per heavy atom. The quantitative estimate of drug-likeness (QED) is 0.0386. The molecule has 0 spiro atoms. The molecule has 4 aliphatic rings. The van der Waals surface area contributed by atoms with Gasteiger partial charge in [-0.3, -0.25) is 33.9 Å². The van der Waals surface area contributed by atoms with Crippen LogP contribution in [0.2, 0.25) is 0 Å². The van der Waals surface area contributed by atoms with E-state index in [4.69, 9.17) is 27.1 Å². The van der Waals surface area contributed by atoms with Crippen molar-refractivity contribution in [3.8, 4) is 96.6 Å². The number of nitrogens with one attached hydrogen (secondary N) is 5. The minimum atomic E-state index is -3.15. The maximum Gasteiger partial charge on any atom is 0.293 e. The van der Waals surface area contributed by atoms with Crippen molar-refractivity contribution in [3.63, 3.8) is 0 Å². The van der Waals surface area contributed by atoms with E-state index in [1.165, 1.54) is 232 Å². The number of hydrogen-bond acceptors (Lipinski definition) is 20. The van der Waals surface area contributed by atoms with Gasteiger partial charge in [-0.25, -0.2) is 91.4 Å². The summed E-state index contributed by atoms with van der Waals surface area (Å²) < 4.78 is 237. The van der Waals surface area contributed by atoms with Crippen LogP contribution in [0.4, 0.5) is 84.3 Å². The largest absolute Gasteiger partial charge is 0.504 e. The number of aromatic hydroxyl groups is 1. The highest BCUT2D eigenvalue weighted by Gasteiger charge is 2.51. The average molecular weight is 1900 g/mol. The molecule has 20 rings (SSSR count). The van der Waals surface area contributed by atoms with Crippen molar-refractivity contribution in [1.82, 2.24) is 63.1 Å². The second kappa shape index (κ2) is 38.4. The number of pyridine rings is 3. The summed E-state index contributed by atoms with van der Waals surface area (Å²) in [5.74, 6) is -19.0. The summed E-state index contributed by atoms with van der Waals surface area (Å²) in [6.07, 6.45) is 12.6. The summed E-state index contributed by atoms with van der Waals surface area (Å²) >= 11 is 0. The molecule has 4 atom stereocenters. The molecule has 14 heterocycles. The highest BCUT2D eigenvalue weighted by Crippen LogP contribution is 2.51. The van der Waals surface area contributed by atoms with Gasteiger partial charge in [-0.2, -0.15) is 0 Å². The van der Waals surface area contributed by atoms with Crippen molar-refractivity contribution in [3.05, 3.63) is 306 Å². The van der Waals surface area contributed by atoms with Crippen molar-refractivity contribution < 1.29 is 113 Å². The van der Waals surface area contributed by atoms with Crippen LogP contribution < -0.4 is 26.8 Å². The van der Waals surface area contributed by atoms with Crippen LogP contribution in [0, 0.1) is 41.8 Å². The molecule has 6 N–H and O–H groups in total. The Bertz CT molecular complexity index is 7160. The van der Waals surface area contributed by atoms with Gasteiger partial charge in [0, 0.05) is 64.9 Å². The highest BCUT2D eigenvalue weighted by molar-refractivity contribution is 6.05. The molecule has 43 heteroatoms. The van der Waals surface area contributed by atoms with Crippen LogP contribution in [0.25, 0.3) is 90.8 Å². The van der Waals surface area contributed by atoms with Gasteiger partial charge in [0.2, 0.25) is 5.56 Å². The van der Waals surface area contributed by atoms with Crippen LogP contribution in [0.1, 0.15) is 111 Å². The maximum absolute atomic E-state index is 14.7. The molecule has 2 aliphatic heterocycles.